The van der Waals surface area contributed by atoms with Gasteiger partial charge >= 0.3 is 6.09 Å². The first kappa shape index (κ1) is 16.1. The second kappa shape index (κ2) is 5.68. The van der Waals surface area contributed by atoms with Crippen LogP contribution in [0, 0.1) is 5.92 Å². The predicted molar refractivity (Wildman–Crippen MR) is 82.6 cm³/mol. The van der Waals surface area contributed by atoms with Gasteiger partial charge in [-0.05, 0) is 65.2 Å². The zero-order valence-corrected chi connectivity index (χ0v) is 14.0. The molecule has 2 unspecified atom stereocenters. The van der Waals surface area contributed by atoms with Gasteiger partial charge in [-0.1, -0.05) is 0 Å². The zero-order chi connectivity index (χ0) is 16.0. The lowest BCUT2D eigenvalue weighted by Gasteiger charge is -2.48. The Kier molecular flexibility index (Phi) is 4.14. The van der Waals surface area contributed by atoms with E-state index < -0.39 is 11.2 Å². The van der Waals surface area contributed by atoms with Gasteiger partial charge in [0, 0.05) is 25.3 Å². The molecule has 0 aliphatic carbocycles. The first-order valence-corrected chi connectivity index (χ1v) is 8.60. The summed E-state index contributed by atoms with van der Waals surface area (Å²) in [5.74, 6) is 0.310. The maximum Gasteiger partial charge on any atom is 0.410 e. The van der Waals surface area contributed by atoms with Gasteiger partial charge in [0.05, 0.1) is 5.60 Å². The second-order valence-corrected chi connectivity index (χ2v) is 8.17. The summed E-state index contributed by atoms with van der Waals surface area (Å²) in [6.07, 6.45) is 4.99. The van der Waals surface area contributed by atoms with E-state index in [9.17, 15) is 9.90 Å². The molecular weight excluding hydrogens is 282 g/mol. The highest BCUT2D eigenvalue weighted by Gasteiger charge is 2.53. The van der Waals surface area contributed by atoms with Gasteiger partial charge < -0.3 is 19.5 Å². The minimum absolute atomic E-state index is 0.126. The molecule has 3 fully saturated rings. The summed E-state index contributed by atoms with van der Waals surface area (Å²) in [5.41, 5.74) is -1.10. The molecule has 2 atom stereocenters. The average molecular weight is 311 g/mol. The summed E-state index contributed by atoms with van der Waals surface area (Å²) >= 11 is 0. The second-order valence-electron chi connectivity index (χ2n) is 8.17. The van der Waals surface area contributed by atoms with E-state index in [1.54, 1.807) is 0 Å². The monoisotopic (exact) mass is 311 g/mol. The average Bonchev–Trinajstić information content (AvgIpc) is 2.71. The van der Waals surface area contributed by atoms with Crippen molar-refractivity contribution in [1.29, 1.82) is 0 Å². The lowest BCUT2D eigenvalue weighted by Crippen LogP contribution is -2.57. The molecule has 0 aromatic heterocycles. The van der Waals surface area contributed by atoms with Crippen LogP contribution in [0.4, 0.5) is 4.79 Å². The molecule has 0 spiro atoms. The molecule has 3 heterocycles. The van der Waals surface area contributed by atoms with Crippen LogP contribution in [0.5, 0.6) is 0 Å². The van der Waals surface area contributed by atoms with Crippen molar-refractivity contribution in [2.75, 3.05) is 13.2 Å². The van der Waals surface area contributed by atoms with Crippen molar-refractivity contribution in [1.82, 2.24) is 4.90 Å². The normalized spacial score (nSPS) is 36.5. The SMILES string of the molecule is CC(C)(C)OC(=O)N1C2CCC1CC(O)(C1CCOCC1)C2. The summed E-state index contributed by atoms with van der Waals surface area (Å²) in [6, 6.07) is 0.253. The fourth-order valence-electron chi connectivity index (χ4n) is 4.44. The van der Waals surface area contributed by atoms with E-state index in [1.165, 1.54) is 0 Å². The van der Waals surface area contributed by atoms with Crippen LogP contribution in [0.2, 0.25) is 0 Å². The Morgan fingerprint density at radius 1 is 1.14 bits per heavy atom. The number of carbonyl (C=O) groups excluding carboxylic acids is 1. The van der Waals surface area contributed by atoms with Gasteiger partial charge in [-0.25, -0.2) is 4.79 Å². The third-order valence-electron chi connectivity index (χ3n) is 5.38. The third-order valence-corrected chi connectivity index (χ3v) is 5.38. The summed E-state index contributed by atoms with van der Waals surface area (Å²) in [6.45, 7) is 7.19. The number of rotatable bonds is 1. The lowest BCUT2D eigenvalue weighted by atomic mass is 9.73. The number of fused-ring (bicyclic) bond motifs is 2. The molecule has 1 N–H and O–H groups in total. The van der Waals surface area contributed by atoms with Crippen LogP contribution in [-0.4, -0.2) is 52.6 Å². The zero-order valence-electron chi connectivity index (χ0n) is 14.0. The van der Waals surface area contributed by atoms with Crippen LogP contribution in [0.1, 0.15) is 59.3 Å². The van der Waals surface area contributed by atoms with Gasteiger partial charge in [-0.15, -0.1) is 0 Å². The molecule has 0 saturated carbocycles. The van der Waals surface area contributed by atoms with Gasteiger partial charge in [0.25, 0.3) is 0 Å². The van der Waals surface area contributed by atoms with Crippen molar-refractivity contribution < 1.29 is 19.4 Å². The molecule has 0 aromatic carbocycles. The van der Waals surface area contributed by atoms with E-state index in [1.807, 2.05) is 25.7 Å². The van der Waals surface area contributed by atoms with Crippen LogP contribution >= 0.6 is 0 Å². The van der Waals surface area contributed by atoms with Crippen molar-refractivity contribution in [2.45, 2.75) is 82.6 Å². The molecule has 5 nitrogen and oxygen atoms in total. The van der Waals surface area contributed by atoms with Gasteiger partial charge in [0.2, 0.25) is 0 Å². The smallest absolute Gasteiger partial charge is 0.410 e. The molecule has 0 aromatic rings. The molecule has 2 bridgehead atoms. The number of carbonyl (C=O) groups is 1. The topological polar surface area (TPSA) is 59.0 Å². The van der Waals surface area contributed by atoms with Crippen molar-refractivity contribution in [3.8, 4) is 0 Å². The molecule has 22 heavy (non-hydrogen) atoms. The minimum Gasteiger partial charge on any atom is -0.444 e. The first-order valence-electron chi connectivity index (χ1n) is 8.60. The van der Waals surface area contributed by atoms with Crippen LogP contribution in [0.25, 0.3) is 0 Å². The number of hydrogen-bond acceptors (Lipinski definition) is 4. The maximum absolute atomic E-state index is 12.5. The summed E-state index contributed by atoms with van der Waals surface area (Å²) < 4.78 is 11.0. The maximum atomic E-state index is 12.5. The highest BCUT2D eigenvalue weighted by atomic mass is 16.6. The largest absolute Gasteiger partial charge is 0.444 e. The fraction of sp³-hybridized carbons (Fsp3) is 0.941. The van der Waals surface area contributed by atoms with Crippen molar-refractivity contribution >= 4 is 6.09 Å². The molecule has 5 heteroatoms. The summed E-state index contributed by atoms with van der Waals surface area (Å²) in [5, 5.41) is 11.2. The number of hydrogen-bond donors (Lipinski definition) is 1. The molecule has 1 amide bonds. The Morgan fingerprint density at radius 3 is 2.18 bits per heavy atom. The molecule has 3 rings (SSSR count). The predicted octanol–water partition coefficient (Wildman–Crippen LogP) is 2.71. The van der Waals surface area contributed by atoms with Gasteiger partial charge in [-0.2, -0.15) is 0 Å². The molecule has 0 radical (unpaired) electrons. The van der Waals surface area contributed by atoms with E-state index in [2.05, 4.69) is 0 Å². The van der Waals surface area contributed by atoms with Crippen LogP contribution in [0.15, 0.2) is 0 Å². The summed E-state index contributed by atoms with van der Waals surface area (Å²) in [4.78, 5) is 14.4. The molecule has 3 saturated heterocycles. The molecular formula is C17H29NO4. The van der Waals surface area contributed by atoms with Crippen LogP contribution in [-0.2, 0) is 9.47 Å². The Morgan fingerprint density at radius 2 is 1.68 bits per heavy atom. The Hall–Kier alpha value is -0.810. The highest BCUT2D eigenvalue weighted by molar-refractivity contribution is 5.69. The van der Waals surface area contributed by atoms with Crippen molar-refractivity contribution in [3.05, 3.63) is 0 Å². The third kappa shape index (κ3) is 3.11. The number of ether oxygens (including phenoxy) is 2. The standard InChI is InChI=1S/C17H29NO4/c1-16(2,3)22-15(19)18-13-4-5-14(18)11-17(20,10-13)12-6-8-21-9-7-12/h12-14,20H,4-11H2,1-3H3. The molecule has 3 aliphatic heterocycles. The lowest BCUT2D eigenvalue weighted by molar-refractivity contribution is -0.115. The van der Waals surface area contributed by atoms with Crippen LogP contribution in [0.3, 0.4) is 0 Å². The van der Waals surface area contributed by atoms with Crippen molar-refractivity contribution in [3.63, 3.8) is 0 Å². The van der Waals surface area contributed by atoms with E-state index in [4.69, 9.17) is 9.47 Å². The Balaban J connectivity index is 1.69. The molecule has 126 valence electrons. The van der Waals surface area contributed by atoms with Crippen molar-refractivity contribution in [2.24, 2.45) is 5.92 Å². The number of nitrogens with zero attached hydrogens (tertiary/aromatic N) is 1. The highest BCUT2D eigenvalue weighted by Crippen LogP contribution is 2.46. The summed E-state index contributed by atoms with van der Waals surface area (Å²) in [7, 11) is 0. The molecule has 3 aliphatic rings. The fourth-order valence-corrected chi connectivity index (χ4v) is 4.44. The van der Waals surface area contributed by atoms with E-state index in [0.717, 1.165) is 38.9 Å². The van der Waals surface area contributed by atoms with E-state index in [0.29, 0.717) is 18.8 Å². The van der Waals surface area contributed by atoms with Gasteiger partial charge in [0.15, 0.2) is 0 Å². The minimum atomic E-state index is -0.631. The quantitative estimate of drug-likeness (QED) is 0.809. The van der Waals surface area contributed by atoms with E-state index >= 15 is 0 Å². The number of aliphatic hydroxyl groups is 1. The Labute approximate surface area is 133 Å². The first-order chi connectivity index (χ1) is 10.3. The van der Waals surface area contributed by atoms with Gasteiger partial charge in [-0.3, -0.25) is 0 Å². The van der Waals surface area contributed by atoms with Gasteiger partial charge in [0.1, 0.15) is 5.60 Å². The van der Waals surface area contributed by atoms with Crippen LogP contribution < -0.4 is 0 Å². The number of piperidine rings is 1. The Bertz CT molecular complexity index is 411. The number of amides is 1. The van der Waals surface area contributed by atoms with E-state index in [-0.39, 0.29) is 18.2 Å².